The van der Waals surface area contributed by atoms with Crippen LogP contribution in [0.2, 0.25) is 0 Å². The van der Waals surface area contributed by atoms with Crippen LogP contribution in [0.5, 0.6) is 0 Å². The number of aliphatic carboxylic acids is 1. The fraction of sp³-hybridized carbons (Fsp3) is 0.839. The molecule has 8 unspecified atom stereocenters. The van der Waals surface area contributed by atoms with Gasteiger partial charge in [-0.05, 0) is 66.6 Å². The number of Topliss-reactive ketones (excluding diaryl/α,β-unsaturated/α-hetero) is 2. The number of carboxylic acids is 1. The van der Waals surface area contributed by atoms with Crippen LogP contribution in [0.15, 0.2) is 11.6 Å². The zero-order valence-corrected chi connectivity index (χ0v) is 23.6. The largest absolute Gasteiger partial charge is 0.481 e. The van der Waals surface area contributed by atoms with Crippen molar-refractivity contribution in [3.05, 3.63) is 11.6 Å². The standard InChI is InChI=1S/C31H46O5/c1-26(2)16-19-18-15-20(36-8)24-28(5)11-10-22(32)27(3,4)21(28)9-12-30(24,7)29(18,6)13-14-31(19,25(34)35)17-23(26)33/h15,19-21,24H,9-14,16-17H2,1-8H3,(H,34,35). The molecule has 0 heterocycles. The fourth-order valence-electron chi connectivity index (χ4n) is 10.5. The number of ketones is 2. The zero-order chi connectivity index (χ0) is 26.7. The van der Waals surface area contributed by atoms with Crippen molar-refractivity contribution < 1.29 is 24.2 Å². The minimum atomic E-state index is -1.01. The fourth-order valence-corrected chi connectivity index (χ4v) is 10.5. The first-order chi connectivity index (χ1) is 16.5. The molecule has 5 nitrogen and oxygen atoms in total. The number of carbonyl (C=O) groups excluding carboxylic acids is 2. The molecule has 5 aliphatic carbocycles. The van der Waals surface area contributed by atoms with Crippen LogP contribution in [0.4, 0.5) is 0 Å². The van der Waals surface area contributed by atoms with E-state index in [1.54, 1.807) is 7.11 Å². The van der Waals surface area contributed by atoms with Gasteiger partial charge in [-0.2, -0.15) is 0 Å². The summed E-state index contributed by atoms with van der Waals surface area (Å²) in [6.45, 7) is 15.5. The van der Waals surface area contributed by atoms with Crippen molar-refractivity contribution >= 4 is 17.5 Å². The van der Waals surface area contributed by atoms with E-state index < -0.39 is 16.8 Å². The van der Waals surface area contributed by atoms with Crippen molar-refractivity contribution in [3.63, 3.8) is 0 Å². The molecule has 1 N–H and O–H groups in total. The minimum Gasteiger partial charge on any atom is -0.481 e. The second-order valence-corrected chi connectivity index (χ2v) is 15.0. The molecule has 4 fully saturated rings. The highest BCUT2D eigenvalue weighted by Gasteiger charge is 2.71. The number of hydrogen-bond donors (Lipinski definition) is 1. The van der Waals surface area contributed by atoms with E-state index in [0.29, 0.717) is 31.0 Å². The highest BCUT2D eigenvalue weighted by Crippen LogP contribution is 2.75. The predicted molar refractivity (Wildman–Crippen MR) is 138 cm³/mol. The number of fused-ring (bicyclic) bond motifs is 7. The second kappa shape index (κ2) is 7.55. The topological polar surface area (TPSA) is 80.7 Å². The summed E-state index contributed by atoms with van der Waals surface area (Å²) < 4.78 is 6.30. The molecule has 0 bridgehead atoms. The number of ether oxygens (including phenoxy) is 1. The van der Waals surface area contributed by atoms with Crippen LogP contribution in [-0.4, -0.2) is 35.9 Å². The summed E-state index contributed by atoms with van der Waals surface area (Å²) in [6.07, 6.45) is 7.75. The maximum atomic E-state index is 13.1. The first-order valence-electron chi connectivity index (χ1n) is 14.1. The van der Waals surface area contributed by atoms with Crippen LogP contribution in [0.1, 0.15) is 99.8 Å². The molecule has 36 heavy (non-hydrogen) atoms. The Morgan fingerprint density at radius 3 is 2.25 bits per heavy atom. The molecule has 0 aliphatic heterocycles. The Morgan fingerprint density at radius 2 is 1.64 bits per heavy atom. The third kappa shape index (κ3) is 2.96. The Labute approximate surface area is 216 Å². The molecular formula is C31H46O5. The lowest BCUT2D eigenvalue weighted by molar-refractivity contribution is -0.211. The molecular weight excluding hydrogens is 452 g/mol. The Kier molecular flexibility index (Phi) is 5.48. The normalized spacial score (nSPS) is 49.2. The molecule has 5 aliphatic rings. The van der Waals surface area contributed by atoms with Gasteiger partial charge in [0.05, 0.1) is 11.5 Å². The maximum absolute atomic E-state index is 13.1. The summed E-state index contributed by atoms with van der Waals surface area (Å²) in [7, 11) is 1.79. The molecule has 200 valence electrons. The highest BCUT2D eigenvalue weighted by molar-refractivity contribution is 5.92. The van der Waals surface area contributed by atoms with E-state index in [9.17, 15) is 19.5 Å². The summed E-state index contributed by atoms with van der Waals surface area (Å²) in [5.41, 5.74) is -0.909. The van der Waals surface area contributed by atoms with Crippen molar-refractivity contribution in [2.24, 2.45) is 50.2 Å². The van der Waals surface area contributed by atoms with E-state index in [4.69, 9.17) is 4.74 Å². The maximum Gasteiger partial charge on any atom is 0.310 e. The first kappa shape index (κ1) is 26.1. The molecule has 0 radical (unpaired) electrons. The molecule has 0 aromatic rings. The van der Waals surface area contributed by atoms with Gasteiger partial charge >= 0.3 is 5.97 Å². The van der Waals surface area contributed by atoms with E-state index in [0.717, 1.165) is 25.7 Å². The number of carbonyl (C=O) groups is 3. The van der Waals surface area contributed by atoms with Crippen molar-refractivity contribution in [2.75, 3.05) is 7.11 Å². The third-order valence-corrected chi connectivity index (χ3v) is 13.0. The molecule has 4 saturated carbocycles. The SMILES string of the molecule is COC1C=C2C3CC(C)(C)C(=O)CC3(C(=O)O)CCC2(C)C2(C)CCC3C(C)(C)C(=O)CCC3(C)C12. The third-order valence-electron chi connectivity index (χ3n) is 13.0. The number of hydrogen-bond acceptors (Lipinski definition) is 4. The Bertz CT molecular complexity index is 1050. The first-order valence-corrected chi connectivity index (χ1v) is 14.1. The second-order valence-electron chi connectivity index (χ2n) is 15.0. The van der Waals surface area contributed by atoms with Gasteiger partial charge in [0.2, 0.25) is 0 Å². The summed E-state index contributed by atoms with van der Waals surface area (Å²) in [6, 6.07) is 0. The van der Waals surface area contributed by atoms with E-state index in [-0.39, 0.29) is 51.8 Å². The minimum absolute atomic E-state index is 0.0285. The van der Waals surface area contributed by atoms with E-state index in [1.807, 2.05) is 13.8 Å². The van der Waals surface area contributed by atoms with Gasteiger partial charge in [0.25, 0.3) is 0 Å². The molecule has 0 aromatic carbocycles. The summed E-state index contributed by atoms with van der Waals surface area (Å²) in [4.78, 5) is 39.0. The van der Waals surface area contributed by atoms with Crippen LogP contribution in [0.25, 0.3) is 0 Å². The van der Waals surface area contributed by atoms with E-state index in [2.05, 4.69) is 40.7 Å². The lowest BCUT2D eigenvalue weighted by Gasteiger charge is -2.71. The number of carboxylic acid groups (broad SMARTS) is 1. The van der Waals surface area contributed by atoms with Gasteiger partial charge in [0.15, 0.2) is 0 Å². The summed E-state index contributed by atoms with van der Waals surface area (Å²) in [5.74, 6) is 0.0592. The van der Waals surface area contributed by atoms with Crippen LogP contribution in [-0.2, 0) is 19.1 Å². The van der Waals surface area contributed by atoms with Gasteiger partial charge in [0.1, 0.15) is 11.6 Å². The highest BCUT2D eigenvalue weighted by atomic mass is 16.5. The molecule has 8 atom stereocenters. The van der Waals surface area contributed by atoms with Crippen LogP contribution < -0.4 is 0 Å². The van der Waals surface area contributed by atoms with Gasteiger partial charge in [-0.1, -0.05) is 60.1 Å². The molecule has 0 amide bonds. The van der Waals surface area contributed by atoms with Gasteiger partial charge in [-0.15, -0.1) is 0 Å². The predicted octanol–water partition coefficient (Wildman–Crippen LogP) is 6.25. The van der Waals surface area contributed by atoms with Crippen LogP contribution in [0.3, 0.4) is 0 Å². The van der Waals surface area contributed by atoms with Gasteiger partial charge in [0, 0.05) is 36.7 Å². The average molecular weight is 499 g/mol. The molecule has 5 heteroatoms. The monoisotopic (exact) mass is 498 g/mol. The van der Waals surface area contributed by atoms with Gasteiger partial charge in [-0.3, -0.25) is 14.4 Å². The average Bonchev–Trinajstić information content (AvgIpc) is 2.78. The molecule has 5 rings (SSSR count). The lowest BCUT2D eigenvalue weighted by atomic mass is 9.33. The van der Waals surface area contributed by atoms with Gasteiger partial charge in [-0.25, -0.2) is 0 Å². The smallest absolute Gasteiger partial charge is 0.310 e. The molecule has 0 saturated heterocycles. The van der Waals surface area contributed by atoms with E-state index >= 15 is 0 Å². The zero-order valence-electron chi connectivity index (χ0n) is 23.6. The van der Waals surface area contributed by atoms with Crippen molar-refractivity contribution in [3.8, 4) is 0 Å². The van der Waals surface area contributed by atoms with Crippen molar-refractivity contribution in [1.82, 2.24) is 0 Å². The Hall–Kier alpha value is -1.49. The quantitative estimate of drug-likeness (QED) is 0.456. The number of allylic oxidation sites excluding steroid dienone is 1. The summed E-state index contributed by atoms with van der Waals surface area (Å²) in [5, 5.41) is 10.5. The summed E-state index contributed by atoms with van der Waals surface area (Å²) >= 11 is 0. The number of rotatable bonds is 2. The Morgan fingerprint density at radius 1 is 0.972 bits per heavy atom. The van der Waals surface area contributed by atoms with E-state index in [1.165, 1.54) is 5.57 Å². The van der Waals surface area contributed by atoms with Crippen molar-refractivity contribution in [2.45, 2.75) is 106 Å². The number of methoxy groups -OCH3 is 1. The van der Waals surface area contributed by atoms with Crippen LogP contribution in [0, 0.1) is 50.2 Å². The van der Waals surface area contributed by atoms with Gasteiger partial charge < -0.3 is 9.84 Å². The molecule has 0 spiro atoms. The Balaban J connectivity index is 1.69. The van der Waals surface area contributed by atoms with Crippen LogP contribution >= 0.6 is 0 Å². The molecule has 0 aromatic heterocycles. The lowest BCUT2D eigenvalue weighted by Crippen LogP contribution is -2.68. The van der Waals surface area contributed by atoms with Crippen molar-refractivity contribution in [1.29, 1.82) is 0 Å².